The SMILES string of the molecule is C[C@@H]1C[C@H](C)CN(Cc2ccccc2CNC(=O)[C@@H]2CC(=O)N(C3CC3)C2)C1. The van der Waals surface area contributed by atoms with Gasteiger partial charge in [-0.15, -0.1) is 0 Å². The first kappa shape index (κ1) is 19.4. The Kier molecular flexibility index (Phi) is 5.72. The minimum atomic E-state index is -0.191. The largest absolute Gasteiger partial charge is 0.352 e. The van der Waals surface area contributed by atoms with E-state index in [-0.39, 0.29) is 17.7 Å². The lowest BCUT2D eigenvalue weighted by Crippen LogP contribution is -2.38. The highest BCUT2D eigenvalue weighted by Gasteiger charge is 2.41. The van der Waals surface area contributed by atoms with Crippen LogP contribution in [0.4, 0.5) is 0 Å². The molecule has 4 rings (SSSR count). The van der Waals surface area contributed by atoms with Crippen LogP contribution in [0.2, 0.25) is 0 Å². The molecule has 152 valence electrons. The molecule has 1 aromatic carbocycles. The second-order valence-corrected chi connectivity index (χ2v) is 9.30. The summed E-state index contributed by atoms with van der Waals surface area (Å²) in [6, 6.07) is 8.82. The molecule has 5 heteroatoms. The zero-order valence-corrected chi connectivity index (χ0v) is 17.2. The molecule has 0 aromatic heterocycles. The fourth-order valence-electron chi connectivity index (χ4n) is 5.02. The van der Waals surface area contributed by atoms with Crippen LogP contribution in [0.3, 0.4) is 0 Å². The van der Waals surface area contributed by atoms with Crippen LogP contribution in [-0.4, -0.2) is 47.3 Å². The van der Waals surface area contributed by atoms with Crippen molar-refractivity contribution in [3.63, 3.8) is 0 Å². The average Bonchev–Trinajstić information content (AvgIpc) is 3.41. The van der Waals surface area contributed by atoms with Gasteiger partial charge in [0, 0.05) is 45.2 Å². The smallest absolute Gasteiger partial charge is 0.225 e. The van der Waals surface area contributed by atoms with Crippen LogP contribution in [0.25, 0.3) is 0 Å². The van der Waals surface area contributed by atoms with Crippen LogP contribution >= 0.6 is 0 Å². The van der Waals surface area contributed by atoms with Crippen LogP contribution < -0.4 is 5.32 Å². The zero-order valence-electron chi connectivity index (χ0n) is 17.2. The maximum Gasteiger partial charge on any atom is 0.225 e. The average molecular weight is 384 g/mol. The van der Waals surface area contributed by atoms with E-state index in [1.165, 1.54) is 17.5 Å². The Morgan fingerprint density at radius 2 is 1.75 bits per heavy atom. The number of hydrogen-bond donors (Lipinski definition) is 1. The Labute approximate surface area is 168 Å². The predicted octanol–water partition coefficient (Wildman–Crippen LogP) is 2.79. The molecule has 1 saturated carbocycles. The van der Waals surface area contributed by atoms with Gasteiger partial charge in [-0.2, -0.15) is 0 Å². The Bertz CT molecular complexity index is 720. The van der Waals surface area contributed by atoms with E-state index in [1.807, 2.05) is 11.0 Å². The summed E-state index contributed by atoms with van der Waals surface area (Å²) in [5, 5.41) is 3.10. The van der Waals surface area contributed by atoms with Gasteiger partial charge in [0.2, 0.25) is 11.8 Å². The lowest BCUT2D eigenvalue weighted by atomic mass is 9.91. The number of nitrogens with one attached hydrogen (secondary N) is 1. The molecule has 3 fully saturated rings. The number of piperidine rings is 1. The van der Waals surface area contributed by atoms with Crippen molar-refractivity contribution in [1.82, 2.24) is 15.1 Å². The minimum Gasteiger partial charge on any atom is -0.352 e. The molecule has 2 amide bonds. The van der Waals surface area contributed by atoms with Crippen molar-refractivity contribution in [2.45, 2.75) is 58.7 Å². The van der Waals surface area contributed by atoms with E-state index in [2.05, 4.69) is 42.3 Å². The van der Waals surface area contributed by atoms with Gasteiger partial charge in [-0.25, -0.2) is 0 Å². The molecular formula is C23H33N3O2. The third-order valence-electron chi connectivity index (χ3n) is 6.43. The summed E-state index contributed by atoms with van der Waals surface area (Å²) in [5.41, 5.74) is 2.48. The molecule has 0 bridgehead atoms. The number of carbonyl (C=O) groups excluding carboxylic acids is 2. The van der Waals surface area contributed by atoms with Crippen LogP contribution in [0.1, 0.15) is 50.7 Å². The summed E-state index contributed by atoms with van der Waals surface area (Å²) < 4.78 is 0. The molecule has 1 aliphatic carbocycles. The number of carbonyl (C=O) groups is 2. The third kappa shape index (κ3) is 4.57. The fraction of sp³-hybridized carbons (Fsp3) is 0.652. The molecule has 0 spiro atoms. The van der Waals surface area contributed by atoms with E-state index < -0.39 is 0 Å². The molecule has 0 radical (unpaired) electrons. The Balaban J connectivity index is 1.33. The Morgan fingerprint density at radius 1 is 1.07 bits per heavy atom. The monoisotopic (exact) mass is 383 g/mol. The highest BCUT2D eigenvalue weighted by Crippen LogP contribution is 2.32. The Morgan fingerprint density at radius 3 is 2.43 bits per heavy atom. The van der Waals surface area contributed by atoms with Gasteiger partial charge in [0.05, 0.1) is 5.92 Å². The normalized spacial score (nSPS) is 28.6. The second kappa shape index (κ2) is 8.24. The summed E-state index contributed by atoms with van der Waals surface area (Å²) in [4.78, 5) is 29.2. The first-order valence-electron chi connectivity index (χ1n) is 10.9. The predicted molar refractivity (Wildman–Crippen MR) is 109 cm³/mol. The highest BCUT2D eigenvalue weighted by molar-refractivity contribution is 5.89. The van der Waals surface area contributed by atoms with E-state index in [0.717, 1.165) is 44.3 Å². The van der Waals surface area contributed by atoms with Gasteiger partial charge < -0.3 is 10.2 Å². The molecule has 2 heterocycles. The van der Waals surface area contributed by atoms with Gasteiger partial charge in [0.25, 0.3) is 0 Å². The van der Waals surface area contributed by atoms with Crippen molar-refractivity contribution in [2.75, 3.05) is 19.6 Å². The molecule has 1 N–H and O–H groups in total. The molecule has 3 aliphatic rings. The van der Waals surface area contributed by atoms with E-state index in [1.54, 1.807) is 0 Å². The van der Waals surface area contributed by atoms with Gasteiger partial charge >= 0.3 is 0 Å². The quantitative estimate of drug-likeness (QED) is 0.822. The van der Waals surface area contributed by atoms with Gasteiger partial charge in [0.15, 0.2) is 0 Å². The topological polar surface area (TPSA) is 52.7 Å². The van der Waals surface area contributed by atoms with E-state index >= 15 is 0 Å². The maximum absolute atomic E-state index is 12.6. The summed E-state index contributed by atoms with van der Waals surface area (Å²) >= 11 is 0. The lowest BCUT2D eigenvalue weighted by Gasteiger charge is -2.35. The molecule has 0 unspecified atom stereocenters. The van der Waals surface area contributed by atoms with Crippen molar-refractivity contribution in [3.05, 3.63) is 35.4 Å². The standard InChI is InChI=1S/C23H33N3O2/c1-16-9-17(2)13-25(12-16)14-19-6-4-3-5-18(19)11-24-23(28)20-10-22(27)26(15-20)21-7-8-21/h3-6,16-17,20-21H,7-15H2,1-2H3,(H,24,28)/t16-,17+,20-/m1/s1. The highest BCUT2D eigenvalue weighted by atomic mass is 16.2. The van der Waals surface area contributed by atoms with Gasteiger partial charge in [-0.1, -0.05) is 38.1 Å². The third-order valence-corrected chi connectivity index (χ3v) is 6.43. The first-order valence-corrected chi connectivity index (χ1v) is 10.9. The van der Waals surface area contributed by atoms with E-state index in [0.29, 0.717) is 25.6 Å². The molecule has 1 aromatic rings. The van der Waals surface area contributed by atoms with Crippen molar-refractivity contribution < 1.29 is 9.59 Å². The fourth-order valence-corrected chi connectivity index (χ4v) is 5.02. The molecular weight excluding hydrogens is 350 g/mol. The molecule has 2 aliphatic heterocycles. The minimum absolute atomic E-state index is 0.0199. The Hall–Kier alpha value is -1.88. The van der Waals surface area contributed by atoms with Gasteiger partial charge in [-0.05, 0) is 42.2 Å². The van der Waals surface area contributed by atoms with Gasteiger partial charge in [0.1, 0.15) is 0 Å². The number of nitrogens with zero attached hydrogens (tertiary/aromatic N) is 2. The number of hydrogen-bond acceptors (Lipinski definition) is 3. The molecule has 2 saturated heterocycles. The lowest BCUT2D eigenvalue weighted by molar-refractivity contribution is -0.129. The molecule has 3 atom stereocenters. The number of likely N-dealkylation sites (tertiary alicyclic amines) is 2. The van der Waals surface area contributed by atoms with Crippen molar-refractivity contribution in [3.8, 4) is 0 Å². The van der Waals surface area contributed by atoms with Crippen LogP contribution in [0, 0.1) is 17.8 Å². The maximum atomic E-state index is 12.6. The van der Waals surface area contributed by atoms with Crippen LogP contribution in [0.5, 0.6) is 0 Å². The van der Waals surface area contributed by atoms with Crippen molar-refractivity contribution in [1.29, 1.82) is 0 Å². The second-order valence-electron chi connectivity index (χ2n) is 9.30. The summed E-state index contributed by atoms with van der Waals surface area (Å²) in [6.07, 6.45) is 3.88. The molecule has 28 heavy (non-hydrogen) atoms. The number of rotatable bonds is 6. The first-order chi connectivity index (χ1) is 13.5. The van der Waals surface area contributed by atoms with E-state index in [4.69, 9.17) is 0 Å². The number of benzene rings is 1. The number of amides is 2. The van der Waals surface area contributed by atoms with Crippen LogP contribution in [0.15, 0.2) is 24.3 Å². The van der Waals surface area contributed by atoms with Crippen molar-refractivity contribution >= 4 is 11.8 Å². The van der Waals surface area contributed by atoms with E-state index in [9.17, 15) is 9.59 Å². The van der Waals surface area contributed by atoms with Crippen molar-refractivity contribution in [2.24, 2.45) is 17.8 Å². The summed E-state index contributed by atoms with van der Waals surface area (Å²) in [7, 11) is 0. The zero-order chi connectivity index (χ0) is 19.7. The molecule has 5 nitrogen and oxygen atoms in total. The van der Waals surface area contributed by atoms with Gasteiger partial charge in [-0.3, -0.25) is 14.5 Å². The summed E-state index contributed by atoms with van der Waals surface area (Å²) in [6.45, 7) is 9.05. The summed E-state index contributed by atoms with van der Waals surface area (Å²) in [5.74, 6) is 1.46. The van der Waals surface area contributed by atoms with Crippen LogP contribution in [-0.2, 0) is 22.7 Å².